The van der Waals surface area contributed by atoms with Crippen LogP contribution in [0.25, 0.3) is 10.6 Å². The van der Waals surface area contributed by atoms with Gasteiger partial charge in [0.1, 0.15) is 5.82 Å². The van der Waals surface area contributed by atoms with Gasteiger partial charge in [-0.15, -0.1) is 11.3 Å². The van der Waals surface area contributed by atoms with Crippen LogP contribution in [0.3, 0.4) is 0 Å². The third kappa shape index (κ3) is 2.35. The second kappa shape index (κ2) is 5.24. The van der Waals surface area contributed by atoms with Crippen LogP contribution >= 0.6 is 11.3 Å². The summed E-state index contributed by atoms with van der Waals surface area (Å²) in [6, 6.07) is 4.92. The van der Waals surface area contributed by atoms with Gasteiger partial charge >= 0.3 is 0 Å². The first-order valence-electron chi connectivity index (χ1n) is 6.63. The number of aromatic amines is 1. The van der Waals surface area contributed by atoms with Gasteiger partial charge in [0.2, 0.25) is 0 Å². The Labute approximate surface area is 112 Å². The van der Waals surface area contributed by atoms with Crippen molar-refractivity contribution in [2.75, 3.05) is 7.05 Å². The van der Waals surface area contributed by atoms with Gasteiger partial charge in [-0.2, -0.15) is 0 Å². The third-order valence-corrected chi connectivity index (χ3v) is 4.81. The molecule has 0 unspecified atom stereocenters. The average molecular weight is 261 g/mol. The van der Waals surface area contributed by atoms with Crippen molar-refractivity contribution in [3.8, 4) is 10.6 Å². The number of hydrogen-bond acceptors (Lipinski definition) is 3. The Bertz CT molecular complexity index is 481. The van der Waals surface area contributed by atoms with E-state index in [0.29, 0.717) is 12.0 Å². The van der Waals surface area contributed by atoms with Crippen LogP contribution in [-0.2, 0) is 0 Å². The lowest BCUT2D eigenvalue weighted by molar-refractivity contribution is 0.352. The number of imidazole rings is 1. The summed E-state index contributed by atoms with van der Waals surface area (Å²) in [5, 5.41) is 5.48. The number of nitrogens with one attached hydrogen (secondary N) is 2. The van der Waals surface area contributed by atoms with E-state index in [1.807, 2.05) is 6.20 Å². The molecule has 0 aliphatic heterocycles. The highest BCUT2D eigenvalue weighted by Crippen LogP contribution is 2.32. The SMILES string of the molecule is CNC1CCC(c2ncc(-c3cccs3)[nH]2)CC1. The summed E-state index contributed by atoms with van der Waals surface area (Å²) in [6.07, 6.45) is 6.98. The van der Waals surface area contributed by atoms with Crippen molar-refractivity contribution < 1.29 is 0 Å². The lowest BCUT2D eigenvalue weighted by Crippen LogP contribution is -2.29. The first kappa shape index (κ1) is 11.9. The molecule has 2 heterocycles. The van der Waals surface area contributed by atoms with Gasteiger partial charge < -0.3 is 10.3 Å². The van der Waals surface area contributed by atoms with E-state index >= 15 is 0 Å². The van der Waals surface area contributed by atoms with Gasteiger partial charge in [0, 0.05) is 12.0 Å². The first-order valence-corrected chi connectivity index (χ1v) is 7.51. The van der Waals surface area contributed by atoms with E-state index in [0.717, 1.165) is 5.69 Å². The summed E-state index contributed by atoms with van der Waals surface area (Å²) in [4.78, 5) is 9.35. The topological polar surface area (TPSA) is 40.7 Å². The number of aromatic nitrogens is 2. The number of hydrogen-bond donors (Lipinski definition) is 2. The molecule has 0 radical (unpaired) electrons. The van der Waals surface area contributed by atoms with Crippen molar-refractivity contribution in [1.82, 2.24) is 15.3 Å². The van der Waals surface area contributed by atoms with Gasteiger partial charge in [-0.3, -0.25) is 0 Å². The highest BCUT2D eigenvalue weighted by molar-refractivity contribution is 7.13. The van der Waals surface area contributed by atoms with E-state index < -0.39 is 0 Å². The predicted molar refractivity (Wildman–Crippen MR) is 76.0 cm³/mol. The van der Waals surface area contributed by atoms with E-state index in [9.17, 15) is 0 Å². The first-order chi connectivity index (χ1) is 8.86. The standard InChI is InChI=1S/C14H19N3S/c1-15-11-6-4-10(5-7-11)14-16-9-12(17-14)13-3-2-8-18-13/h2-3,8-11,15H,4-7H2,1H3,(H,16,17). The van der Waals surface area contributed by atoms with Gasteiger partial charge in [-0.1, -0.05) is 6.07 Å². The second-order valence-corrected chi connectivity index (χ2v) is 5.94. The quantitative estimate of drug-likeness (QED) is 0.889. The maximum absolute atomic E-state index is 4.58. The fraction of sp³-hybridized carbons (Fsp3) is 0.500. The maximum atomic E-state index is 4.58. The summed E-state index contributed by atoms with van der Waals surface area (Å²) in [5.74, 6) is 1.79. The van der Waals surface area contributed by atoms with Gasteiger partial charge in [-0.25, -0.2) is 4.98 Å². The van der Waals surface area contributed by atoms with Crippen molar-refractivity contribution in [3.63, 3.8) is 0 Å². The summed E-state index contributed by atoms with van der Waals surface area (Å²) < 4.78 is 0. The van der Waals surface area contributed by atoms with Crippen LogP contribution in [-0.4, -0.2) is 23.1 Å². The Morgan fingerprint density at radius 3 is 2.83 bits per heavy atom. The van der Waals surface area contributed by atoms with Gasteiger partial charge in [0.15, 0.2) is 0 Å². The highest BCUT2D eigenvalue weighted by Gasteiger charge is 2.23. The molecule has 96 valence electrons. The molecule has 18 heavy (non-hydrogen) atoms. The monoisotopic (exact) mass is 261 g/mol. The molecule has 4 heteroatoms. The molecule has 0 saturated heterocycles. The lowest BCUT2D eigenvalue weighted by Gasteiger charge is -2.26. The fourth-order valence-electron chi connectivity index (χ4n) is 2.76. The van der Waals surface area contributed by atoms with Gasteiger partial charge in [-0.05, 0) is 44.2 Å². The highest BCUT2D eigenvalue weighted by atomic mass is 32.1. The van der Waals surface area contributed by atoms with Crippen molar-refractivity contribution in [2.45, 2.75) is 37.6 Å². The molecule has 2 aromatic heterocycles. The average Bonchev–Trinajstić information content (AvgIpc) is 3.09. The summed E-state index contributed by atoms with van der Waals surface area (Å²) in [6.45, 7) is 0. The Balaban J connectivity index is 1.71. The van der Waals surface area contributed by atoms with Crippen LogP contribution in [0.1, 0.15) is 37.4 Å². The molecule has 1 aliphatic rings. The number of thiophene rings is 1. The molecular weight excluding hydrogens is 242 g/mol. The normalized spacial score (nSPS) is 24.3. The minimum atomic E-state index is 0.614. The van der Waals surface area contributed by atoms with Crippen molar-refractivity contribution in [2.24, 2.45) is 0 Å². The Hall–Kier alpha value is -1.13. The third-order valence-electron chi connectivity index (χ3n) is 3.90. The van der Waals surface area contributed by atoms with Crippen molar-refractivity contribution >= 4 is 11.3 Å². The molecule has 3 nitrogen and oxygen atoms in total. The molecule has 2 aromatic rings. The zero-order chi connectivity index (χ0) is 12.4. The van der Waals surface area contributed by atoms with Crippen molar-refractivity contribution in [3.05, 3.63) is 29.5 Å². The number of nitrogens with zero attached hydrogens (tertiary/aromatic N) is 1. The molecule has 0 bridgehead atoms. The van der Waals surface area contributed by atoms with E-state index in [4.69, 9.17) is 0 Å². The summed E-state index contributed by atoms with van der Waals surface area (Å²) >= 11 is 1.76. The largest absolute Gasteiger partial charge is 0.341 e. The van der Waals surface area contributed by atoms with Crippen LogP contribution < -0.4 is 5.32 Å². The second-order valence-electron chi connectivity index (χ2n) is 5.00. The molecule has 0 spiro atoms. The molecule has 0 atom stereocenters. The van der Waals surface area contributed by atoms with Gasteiger partial charge in [0.25, 0.3) is 0 Å². The maximum Gasteiger partial charge on any atom is 0.109 e. The number of H-pyrrole nitrogens is 1. The molecule has 0 amide bonds. The molecule has 2 N–H and O–H groups in total. The van der Waals surface area contributed by atoms with E-state index in [1.165, 1.54) is 36.4 Å². The summed E-state index contributed by atoms with van der Waals surface area (Å²) in [5.41, 5.74) is 1.16. The smallest absolute Gasteiger partial charge is 0.109 e. The van der Waals surface area contributed by atoms with Crippen molar-refractivity contribution in [1.29, 1.82) is 0 Å². The Kier molecular flexibility index (Phi) is 3.48. The zero-order valence-corrected chi connectivity index (χ0v) is 11.5. The fourth-order valence-corrected chi connectivity index (χ4v) is 3.45. The van der Waals surface area contributed by atoms with Gasteiger partial charge in [0.05, 0.1) is 16.8 Å². The van der Waals surface area contributed by atoms with Crippen LogP contribution in [0.15, 0.2) is 23.7 Å². The molecule has 1 fully saturated rings. The molecular formula is C14H19N3S. The number of rotatable bonds is 3. The van der Waals surface area contributed by atoms with Crippen LogP contribution in [0.2, 0.25) is 0 Å². The van der Waals surface area contributed by atoms with Crippen LogP contribution in [0.5, 0.6) is 0 Å². The minimum absolute atomic E-state index is 0.614. The summed E-state index contributed by atoms with van der Waals surface area (Å²) in [7, 11) is 2.06. The predicted octanol–water partition coefficient (Wildman–Crippen LogP) is 3.38. The Morgan fingerprint density at radius 2 is 2.17 bits per heavy atom. The molecule has 3 rings (SSSR count). The molecule has 0 aromatic carbocycles. The minimum Gasteiger partial charge on any atom is -0.341 e. The zero-order valence-electron chi connectivity index (χ0n) is 10.6. The van der Waals surface area contributed by atoms with Crippen LogP contribution in [0, 0.1) is 0 Å². The lowest BCUT2D eigenvalue weighted by atomic mass is 9.86. The molecule has 1 saturated carbocycles. The van der Waals surface area contributed by atoms with E-state index in [2.05, 4.69) is 39.8 Å². The van der Waals surface area contributed by atoms with E-state index in [1.54, 1.807) is 11.3 Å². The van der Waals surface area contributed by atoms with E-state index in [-0.39, 0.29) is 0 Å². The molecule has 1 aliphatic carbocycles. The Morgan fingerprint density at radius 1 is 1.33 bits per heavy atom. The van der Waals surface area contributed by atoms with Crippen LogP contribution in [0.4, 0.5) is 0 Å².